The van der Waals surface area contributed by atoms with E-state index in [4.69, 9.17) is 4.74 Å². The molecule has 0 radical (unpaired) electrons. The molecule has 1 saturated heterocycles. The first kappa shape index (κ1) is 18.4. The summed E-state index contributed by atoms with van der Waals surface area (Å²) in [5.41, 5.74) is 3.24. The number of ether oxygens (including phenoxy) is 1. The lowest BCUT2D eigenvalue weighted by Gasteiger charge is -2.34. The highest BCUT2D eigenvalue weighted by atomic mass is 16.5. The molecule has 144 valence electrons. The fraction of sp³-hybridized carbons (Fsp3) is 0.304. The predicted octanol–water partition coefficient (Wildman–Crippen LogP) is 3.13. The fourth-order valence-electron chi connectivity index (χ4n) is 3.69. The predicted molar refractivity (Wildman–Crippen MR) is 110 cm³/mol. The van der Waals surface area contributed by atoms with Crippen LogP contribution in [0.5, 0.6) is 5.75 Å². The Morgan fingerprint density at radius 2 is 1.82 bits per heavy atom. The SMILES string of the molecule is COc1cccc(CC(=O)N2CCN(Cc3cnc4ccccc4c3)CC2)c1. The van der Waals surface area contributed by atoms with Gasteiger partial charge in [0.1, 0.15) is 5.75 Å². The van der Waals surface area contributed by atoms with Crippen LogP contribution >= 0.6 is 0 Å². The van der Waals surface area contributed by atoms with Crippen LogP contribution in [0.25, 0.3) is 10.9 Å². The van der Waals surface area contributed by atoms with E-state index in [1.807, 2.05) is 53.6 Å². The lowest BCUT2D eigenvalue weighted by Crippen LogP contribution is -2.48. The van der Waals surface area contributed by atoms with Crippen molar-refractivity contribution in [1.82, 2.24) is 14.8 Å². The van der Waals surface area contributed by atoms with Crippen LogP contribution < -0.4 is 4.74 Å². The Labute approximate surface area is 165 Å². The van der Waals surface area contributed by atoms with Crippen molar-refractivity contribution >= 4 is 16.8 Å². The van der Waals surface area contributed by atoms with Gasteiger partial charge in [-0.25, -0.2) is 0 Å². The van der Waals surface area contributed by atoms with Gasteiger partial charge >= 0.3 is 0 Å². The molecule has 3 aromatic rings. The highest BCUT2D eigenvalue weighted by Crippen LogP contribution is 2.17. The van der Waals surface area contributed by atoms with Gasteiger partial charge in [-0.05, 0) is 35.4 Å². The minimum absolute atomic E-state index is 0.181. The van der Waals surface area contributed by atoms with Crippen molar-refractivity contribution in [1.29, 1.82) is 0 Å². The number of para-hydroxylation sites is 1. The summed E-state index contributed by atoms with van der Waals surface area (Å²) in [5, 5.41) is 1.17. The van der Waals surface area contributed by atoms with Crippen LogP contribution in [0.15, 0.2) is 60.8 Å². The van der Waals surface area contributed by atoms with Crippen LogP contribution in [0.4, 0.5) is 0 Å². The zero-order valence-corrected chi connectivity index (χ0v) is 16.2. The number of rotatable bonds is 5. The number of amides is 1. The number of pyridine rings is 1. The molecule has 2 aromatic carbocycles. The minimum atomic E-state index is 0.181. The van der Waals surface area contributed by atoms with E-state index >= 15 is 0 Å². The van der Waals surface area contributed by atoms with E-state index in [2.05, 4.69) is 22.0 Å². The first-order chi connectivity index (χ1) is 13.7. The third-order valence-corrected chi connectivity index (χ3v) is 5.27. The maximum atomic E-state index is 12.6. The maximum Gasteiger partial charge on any atom is 0.227 e. The third kappa shape index (κ3) is 4.31. The number of fused-ring (bicyclic) bond motifs is 1. The van der Waals surface area contributed by atoms with Crippen molar-refractivity contribution in [3.8, 4) is 5.75 Å². The molecule has 1 fully saturated rings. The number of carbonyl (C=O) groups excluding carboxylic acids is 1. The van der Waals surface area contributed by atoms with Crippen molar-refractivity contribution in [2.45, 2.75) is 13.0 Å². The normalized spacial score (nSPS) is 15.0. The monoisotopic (exact) mass is 375 g/mol. The highest BCUT2D eigenvalue weighted by molar-refractivity contribution is 5.79. The van der Waals surface area contributed by atoms with Crippen molar-refractivity contribution in [3.05, 3.63) is 71.9 Å². The van der Waals surface area contributed by atoms with E-state index in [-0.39, 0.29) is 5.91 Å². The van der Waals surface area contributed by atoms with Crippen LogP contribution in [-0.4, -0.2) is 54.0 Å². The summed E-state index contributed by atoms with van der Waals surface area (Å²) in [6.45, 7) is 4.18. The number of hydrogen-bond donors (Lipinski definition) is 0. The van der Waals surface area contributed by atoms with Crippen molar-refractivity contribution < 1.29 is 9.53 Å². The van der Waals surface area contributed by atoms with Crippen LogP contribution in [0.3, 0.4) is 0 Å². The minimum Gasteiger partial charge on any atom is -0.497 e. The van der Waals surface area contributed by atoms with Gasteiger partial charge < -0.3 is 9.64 Å². The molecule has 0 saturated carbocycles. The number of benzene rings is 2. The van der Waals surface area contributed by atoms with Crippen LogP contribution in [0.2, 0.25) is 0 Å². The average Bonchev–Trinajstić information content (AvgIpc) is 2.74. The molecule has 1 aliphatic rings. The molecule has 28 heavy (non-hydrogen) atoms. The molecule has 0 bridgehead atoms. The van der Waals surface area contributed by atoms with Gasteiger partial charge in [0.15, 0.2) is 0 Å². The Bertz CT molecular complexity index is 965. The Morgan fingerprint density at radius 3 is 2.64 bits per heavy atom. The van der Waals surface area contributed by atoms with E-state index in [1.54, 1.807) is 7.11 Å². The van der Waals surface area contributed by atoms with Gasteiger partial charge in [0, 0.05) is 44.3 Å². The summed E-state index contributed by atoms with van der Waals surface area (Å²) in [6.07, 6.45) is 2.38. The van der Waals surface area contributed by atoms with Gasteiger partial charge in [-0.3, -0.25) is 14.7 Å². The average molecular weight is 375 g/mol. The number of aromatic nitrogens is 1. The summed E-state index contributed by atoms with van der Waals surface area (Å²) in [6, 6.07) is 18.1. The number of piperazine rings is 1. The second-order valence-corrected chi connectivity index (χ2v) is 7.22. The molecule has 1 aliphatic heterocycles. The molecule has 4 rings (SSSR count). The molecule has 0 unspecified atom stereocenters. The lowest BCUT2D eigenvalue weighted by atomic mass is 10.1. The topological polar surface area (TPSA) is 45.7 Å². The van der Waals surface area contributed by atoms with Crippen LogP contribution in [0.1, 0.15) is 11.1 Å². The zero-order valence-electron chi connectivity index (χ0n) is 16.2. The summed E-state index contributed by atoms with van der Waals surface area (Å²) >= 11 is 0. The molecule has 0 spiro atoms. The van der Waals surface area contributed by atoms with Gasteiger partial charge in [0.25, 0.3) is 0 Å². The molecular weight excluding hydrogens is 350 g/mol. The second-order valence-electron chi connectivity index (χ2n) is 7.22. The van der Waals surface area contributed by atoms with E-state index < -0.39 is 0 Å². The van der Waals surface area contributed by atoms with Crippen molar-refractivity contribution in [3.63, 3.8) is 0 Å². The largest absolute Gasteiger partial charge is 0.497 e. The standard InChI is InChI=1S/C23H25N3O2/c1-28-21-7-4-5-18(14-21)15-23(27)26-11-9-25(10-12-26)17-19-13-20-6-2-3-8-22(20)24-16-19/h2-8,13-14,16H,9-12,15,17H2,1H3. The van der Waals surface area contributed by atoms with Gasteiger partial charge in [-0.2, -0.15) is 0 Å². The molecule has 5 heteroatoms. The zero-order chi connectivity index (χ0) is 19.3. The van der Waals surface area contributed by atoms with Crippen molar-refractivity contribution in [2.24, 2.45) is 0 Å². The third-order valence-electron chi connectivity index (χ3n) is 5.27. The summed E-state index contributed by atoms with van der Waals surface area (Å²) in [5.74, 6) is 0.972. The lowest BCUT2D eigenvalue weighted by molar-refractivity contribution is -0.132. The van der Waals surface area contributed by atoms with E-state index in [0.717, 1.165) is 49.6 Å². The Kier molecular flexibility index (Phi) is 5.53. The Hall–Kier alpha value is -2.92. The van der Waals surface area contributed by atoms with E-state index in [1.165, 1.54) is 10.9 Å². The van der Waals surface area contributed by atoms with E-state index in [9.17, 15) is 4.79 Å². The molecule has 2 heterocycles. The van der Waals surface area contributed by atoms with Gasteiger partial charge in [0.05, 0.1) is 19.0 Å². The first-order valence-corrected chi connectivity index (χ1v) is 9.68. The smallest absolute Gasteiger partial charge is 0.227 e. The summed E-state index contributed by atoms with van der Waals surface area (Å²) < 4.78 is 5.24. The molecule has 0 N–H and O–H groups in total. The quantitative estimate of drug-likeness (QED) is 0.687. The first-order valence-electron chi connectivity index (χ1n) is 9.68. The summed E-state index contributed by atoms with van der Waals surface area (Å²) in [4.78, 5) is 21.5. The second kappa shape index (κ2) is 8.40. The van der Waals surface area contributed by atoms with Gasteiger partial charge in [-0.15, -0.1) is 0 Å². The van der Waals surface area contributed by atoms with Crippen molar-refractivity contribution in [2.75, 3.05) is 33.3 Å². The molecule has 1 amide bonds. The summed E-state index contributed by atoms with van der Waals surface area (Å²) in [7, 11) is 1.64. The fourth-order valence-corrected chi connectivity index (χ4v) is 3.69. The number of hydrogen-bond acceptors (Lipinski definition) is 4. The Morgan fingerprint density at radius 1 is 1.00 bits per heavy atom. The van der Waals surface area contributed by atoms with Gasteiger partial charge in [-0.1, -0.05) is 30.3 Å². The highest BCUT2D eigenvalue weighted by Gasteiger charge is 2.21. The maximum absolute atomic E-state index is 12.6. The molecule has 1 aromatic heterocycles. The van der Waals surface area contributed by atoms with Crippen LogP contribution in [-0.2, 0) is 17.8 Å². The van der Waals surface area contributed by atoms with Gasteiger partial charge in [0.2, 0.25) is 5.91 Å². The van der Waals surface area contributed by atoms with E-state index in [0.29, 0.717) is 6.42 Å². The molecule has 0 atom stereocenters. The molecule has 5 nitrogen and oxygen atoms in total. The number of methoxy groups -OCH3 is 1. The number of nitrogens with zero attached hydrogens (tertiary/aromatic N) is 3. The Balaban J connectivity index is 1.31. The van der Waals surface area contributed by atoms with Crippen LogP contribution in [0, 0.1) is 0 Å². The molecular formula is C23H25N3O2. The molecule has 0 aliphatic carbocycles. The number of carbonyl (C=O) groups is 1.